The van der Waals surface area contributed by atoms with Crippen LogP contribution >= 0.6 is 0 Å². The van der Waals surface area contributed by atoms with E-state index >= 15 is 0 Å². The fraction of sp³-hybridized carbons (Fsp3) is 0. The van der Waals surface area contributed by atoms with E-state index in [-0.39, 0.29) is 23.0 Å². The molecule has 0 saturated carbocycles. The van der Waals surface area contributed by atoms with Crippen LogP contribution in [-0.4, -0.2) is 20.4 Å². The lowest BCUT2D eigenvalue weighted by Crippen LogP contribution is -1.83. The lowest BCUT2D eigenvalue weighted by Gasteiger charge is -2.11. The molecule has 4 N–H and O–H groups in total. The van der Waals surface area contributed by atoms with Gasteiger partial charge in [0.15, 0.2) is 0 Å². The summed E-state index contributed by atoms with van der Waals surface area (Å²) in [5, 5.41) is 51.6. The summed E-state index contributed by atoms with van der Waals surface area (Å²) >= 11 is 0. The topological polar surface area (TPSA) is 80.9 Å². The van der Waals surface area contributed by atoms with Crippen LogP contribution in [0.2, 0.25) is 0 Å². The molecule has 0 amide bonds. The largest absolute Gasteiger partial charge is 0.508 e. The van der Waals surface area contributed by atoms with Crippen LogP contribution in [0.25, 0.3) is 64.6 Å². The average Bonchev–Trinajstić information content (AvgIpc) is 2.85. The zero-order chi connectivity index (χ0) is 24.6. The van der Waals surface area contributed by atoms with E-state index < -0.39 is 0 Å². The average molecular weight is 469 g/mol. The monoisotopic (exact) mass is 468 g/mol. The van der Waals surface area contributed by atoms with Gasteiger partial charge in [0.25, 0.3) is 0 Å². The molecule has 8 rings (SSSR count). The van der Waals surface area contributed by atoms with Gasteiger partial charge in [-0.3, -0.25) is 0 Å². The third kappa shape index (κ3) is 3.01. The highest BCUT2D eigenvalue weighted by Crippen LogP contribution is 2.39. The van der Waals surface area contributed by atoms with Gasteiger partial charge in [0, 0.05) is 0 Å². The predicted octanol–water partition coefficient (Wildman–Crippen LogP) is 7.99. The second-order valence-corrected chi connectivity index (χ2v) is 9.33. The molecule has 0 heterocycles. The molecule has 0 atom stereocenters. The molecular formula is C32H20O4. The fourth-order valence-electron chi connectivity index (χ4n) is 5.61. The first-order chi connectivity index (χ1) is 17.4. The molecule has 0 fully saturated rings. The first-order valence-corrected chi connectivity index (χ1v) is 11.7. The third-order valence-electron chi connectivity index (χ3n) is 7.01. The minimum Gasteiger partial charge on any atom is -0.508 e. The van der Waals surface area contributed by atoms with E-state index in [1.807, 2.05) is 48.5 Å². The van der Waals surface area contributed by atoms with Crippen molar-refractivity contribution in [3.63, 3.8) is 0 Å². The highest BCUT2D eigenvalue weighted by molar-refractivity contribution is 6.24. The van der Waals surface area contributed by atoms with Crippen LogP contribution in [0, 0.1) is 0 Å². The van der Waals surface area contributed by atoms with Crippen molar-refractivity contribution in [2.45, 2.75) is 0 Å². The van der Waals surface area contributed by atoms with E-state index in [2.05, 4.69) is 0 Å². The number of phenols is 4. The summed E-state index contributed by atoms with van der Waals surface area (Å²) in [6, 6.07) is 30.0. The van der Waals surface area contributed by atoms with Gasteiger partial charge in [-0.1, -0.05) is 48.5 Å². The van der Waals surface area contributed by atoms with E-state index in [1.165, 1.54) is 0 Å². The maximum absolute atomic E-state index is 9.71. The highest BCUT2D eigenvalue weighted by Gasteiger charge is 2.11. The molecule has 0 saturated heterocycles. The molecule has 0 radical (unpaired) electrons. The van der Waals surface area contributed by atoms with Gasteiger partial charge in [-0.15, -0.1) is 0 Å². The molecular weight excluding hydrogens is 448 g/mol. The van der Waals surface area contributed by atoms with Gasteiger partial charge in [-0.05, 0) is 113 Å². The van der Waals surface area contributed by atoms with Crippen molar-refractivity contribution in [2.24, 2.45) is 0 Å². The van der Waals surface area contributed by atoms with Gasteiger partial charge in [-0.2, -0.15) is 0 Å². The maximum Gasteiger partial charge on any atom is 0.116 e. The summed E-state index contributed by atoms with van der Waals surface area (Å²) in [7, 11) is 0. The lowest BCUT2D eigenvalue weighted by molar-refractivity contribution is 0.476. The molecule has 0 bridgehead atoms. The van der Waals surface area contributed by atoms with Gasteiger partial charge in [-0.25, -0.2) is 0 Å². The standard InChI is InChI=1S/2C16H10O2/c2*17-13-5-9-1-2-10-6-14(18)8-12-4-3-11(7-13)15(9)16(10)12/h2*1-8,17-18H. The van der Waals surface area contributed by atoms with Crippen molar-refractivity contribution in [3.8, 4) is 23.0 Å². The summed E-state index contributed by atoms with van der Waals surface area (Å²) < 4.78 is 0. The molecule has 0 unspecified atom stereocenters. The smallest absolute Gasteiger partial charge is 0.116 e. The first kappa shape index (κ1) is 20.4. The molecule has 0 aliphatic carbocycles. The quantitative estimate of drug-likeness (QED) is 0.170. The normalized spacial score (nSPS) is 11.8. The Balaban J connectivity index is 0.000000122. The molecule has 0 aliphatic rings. The van der Waals surface area contributed by atoms with Crippen molar-refractivity contribution < 1.29 is 20.4 Å². The van der Waals surface area contributed by atoms with Gasteiger partial charge >= 0.3 is 0 Å². The van der Waals surface area contributed by atoms with Crippen molar-refractivity contribution in [1.29, 1.82) is 0 Å². The Hall–Kier alpha value is -4.96. The fourth-order valence-corrected chi connectivity index (χ4v) is 5.61. The van der Waals surface area contributed by atoms with E-state index in [0.29, 0.717) is 0 Å². The molecule has 0 spiro atoms. The molecule has 0 aliphatic heterocycles. The Morgan fingerprint density at radius 1 is 0.250 bits per heavy atom. The second-order valence-electron chi connectivity index (χ2n) is 9.33. The van der Waals surface area contributed by atoms with Crippen LogP contribution < -0.4 is 0 Å². The van der Waals surface area contributed by atoms with Crippen LogP contribution in [0.4, 0.5) is 0 Å². The van der Waals surface area contributed by atoms with Crippen LogP contribution in [-0.2, 0) is 0 Å². The van der Waals surface area contributed by atoms with Crippen LogP contribution in [0.5, 0.6) is 23.0 Å². The zero-order valence-corrected chi connectivity index (χ0v) is 19.0. The predicted molar refractivity (Wildman–Crippen MR) is 147 cm³/mol. The lowest BCUT2D eigenvalue weighted by atomic mass is 9.94. The maximum atomic E-state index is 9.71. The second kappa shape index (κ2) is 7.27. The Kier molecular flexibility index (Phi) is 4.12. The molecule has 172 valence electrons. The molecule has 8 aromatic rings. The Bertz CT molecular complexity index is 1660. The van der Waals surface area contributed by atoms with E-state index in [0.717, 1.165) is 64.6 Å². The molecule has 4 heteroatoms. The minimum absolute atomic E-state index is 0.281. The number of hydrogen-bond acceptors (Lipinski definition) is 4. The van der Waals surface area contributed by atoms with Gasteiger partial charge in [0.05, 0.1) is 0 Å². The Morgan fingerprint density at radius 2 is 0.389 bits per heavy atom. The summed E-state index contributed by atoms with van der Waals surface area (Å²) in [6.07, 6.45) is 0. The third-order valence-corrected chi connectivity index (χ3v) is 7.01. The highest BCUT2D eigenvalue weighted by atomic mass is 16.3. The molecule has 8 aromatic carbocycles. The number of phenolic OH excluding ortho intramolecular Hbond substituents is 4. The van der Waals surface area contributed by atoms with Crippen LogP contribution in [0.1, 0.15) is 0 Å². The SMILES string of the molecule is Oc1cc2ccc3cc(O)cc4ccc(c1)c2c34.Oc1cc2ccc3cc(O)cc4ccc(c1)c2c34. The van der Waals surface area contributed by atoms with Gasteiger partial charge in [0.1, 0.15) is 23.0 Å². The first-order valence-electron chi connectivity index (χ1n) is 11.7. The Morgan fingerprint density at radius 3 is 0.528 bits per heavy atom. The van der Waals surface area contributed by atoms with Crippen molar-refractivity contribution in [1.82, 2.24) is 0 Å². The molecule has 0 aromatic heterocycles. The molecule has 4 nitrogen and oxygen atoms in total. The Labute approximate surface area is 205 Å². The summed E-state index contributed by atoms with van der Waals surface area (Å²) in [5.41, 5.74) is 0. The van der Waals surface area contributed by atoms with Crippen molar-refractivity contribution >= 4 is 64.6 Å². The van der Waals surface area contributed by atoms with Crippen LogP contribution in [0.3, 0.4) is 0 Å². The minimum atomic E-state index is 0.281. The zero-order valence-electron chi connectivity index (χ0n) is 19.0. The van der Waals surface area contributed by atoms with Gasteiger partial charge in [0.2, 0.25) is 0 Å². The summed E-state index contributed by atoms with van der Waals surface area (Å²) in [5.74, 6) is 1.12. The van der Waals surface area contributed by atoms with Crippen LogP contribution in [0.15, 0.2) is 97.1 Å². The summed E-state index contributed by atoms with van der Waals surface area (Å²) in [6.45, 7) is 0. The van der Waals surface area contributed by atoms with E-state index in [9.17, 15) is 20.4 Å². The molecule has 36 heavy (non-hydrogen) atoms. The van der Waals surface area contributed by atoms with E-state index in [1.54, 1.807) is 48.5 Å². The van der Waals surface area contributed by atoms with Crippen molar-refractivity contribution in [2.75, 3.05) is 0 Å². The number of hydrogen-bond donors (Lipinski definition) is 4. The van der Waals surface area contributed by atoms with Gasteiger partial charge < -0.3 is 20.4 Å². The van der Waals surface area contributed by atoms with E-state index in [4.69, 9.17) is 0 Å². The number of benzene rings is 8. The summed E-state index contributed by atoms with van der Waals surface area (Å²) in [4.78, 5) is 0. The number of rotatable bonds is 0. The number of aromatic hydroxyl groups is 4. The van der Waals surface area contributed by atoms with Crippen molar-refractivity contribution in [3.05, 3.63) is 97.1 Å².